The molecule has 5 rings (SSSR count). The summed E-state index contributed by atoms with van der Waals surface area (Å²) in [5.41, 5.74) is 2.76. The lowest BCUT2D eigenvalue weighted by Gasteiger charge is -2.27. The van der Waals surface area contributed by atoms with E-state index < -0.39 is 0 Å². The third-order valence-corrected chi connectivity index (χ3v) is 5.93. The van der Waals surface area contributed by atoms with E-state index in [9.17, 15) is 4.79 Å². The fourth-order valence-corrected chi connectivity index (χ4v) is 4.06. The second-order valence-electron chi connectivity index (χ2n) is 8.08. The van der Waals surface area contributed by atoms with Crippen molar-refractivity contribution in [1.82, 2.24) is 19.4 Å². The van der Waals surface area contributed by atoms with Gasteiger partial charge in [0.05, 0.1) is 13.2 Å². The number of rotatable bonds is 5. The molecule has 0 unspecified atom stereocenters. The molecule has 7 heteroatoms. The van der Waals surface area contributed by atoms with Gasteiger partial charge in [-0.25, -0.2) is 9.97 Å². The highest BCUT2D eigenvalue weighted by molar-refractivity contribution is 5.94. The molecule has 0 aromatic carbocycles. The van der Waals surface area contributed by atoms with Gasteiger partial charge in [0.1, 0.15) is 5.69 Å². The predicted molar refractivity (Wildman–Crippen MR) is 106 cm³/mol. The van der Waals surface area contributed by atoms with Gasteiger partial charge in [-0.2, -0.15) is 0 Å². The third kappa shape index (κ3) is 3.63. The highest BCUT2D eigenvalue weighted by Crippen LogP contribution is 2.33. The summed E-state index contributed by atoms with van der Waals surface area (Å²) in [5, 5.41) is 0. The van der Waals surface area contributed by atoms with E-state index in [0.717, 1.165) is 42.4 Å². The maximum absolute atomic E-state index is 13.1. The summed E-state index contributed by atoms with van der Waals surface area (Å²) >= 11 is 0. The lowest BCUT2D eigenvalue weighted by Crippen LogP contribution is -2.41. The monoisotopic (exact) mass is 381 g/mol. The highest BCUT2D eigenvalue weighted by atomic mass is 16.5. The first-order valence-corrected chi connectivity index (χ1v) is 10.4. The Balaban J connectivity index is 1.41. The third-order valence-electron chi connectivity index (χ3n) is 5.93. The van der Waals surface area contributed by atoms with E-state index in [-0.39, 0.29) is 5.91 Å². The largest absolute Gasteiger partial charge is 0.378 e. The average molecular weight is 381 g/mol. The Labute approximate surface area is 165 Å². The van der Waals surface area contributed by atoms with Crippen molar-refractivity contribution in [2.75, 3.05) is 44.3 Å². The number of morpholine rings is 1. The van der Waals surface area contributed by atoms with Crippen LogP contribution in [0.3, 0.4) is 0 Å². The van der Waals surface area contributed by atoms with Crippen molar-refractivity contribution in [2.24, 2.45) is 5.92 Å². The van der Waals surface area contributed by atoms with E-state index >= 15 is 0 Å². The number of carbonyl (C=O) groups excluding carboxylic acids is 1. The Morgan fingerprint density at radius 3 is 2.43 bits per heavy atom. The fraction of sp³-hybridized carbons (Fsp3) is 0.571. The molecule has 3 aliphatic rings. The number of amides is 1. The van der Waals surface area contributed by atoms with Crippen molar-refractivity contribution in [3.05, 3.63) is 30.4 Å². The molecule has 0 spiro atoms. The lowest BCUT2D eigenvalue weighted by molar-refractivity contribution is 0.0295. The van der Waals surface area contributed by atoms with Crippen LogP contribution >= 0.6 is 0 Å². The van der Waals surface area contributed by atoms with Crippen molar-refractivity contribution in [3.63, 3.8) is 0 Å². The van der Waals surface area contributed by atoms with Gasteiger partial charge >= 0.3 is 0 Å². The van der Waals surface area contributed by atoms with Gasteiger partial charge in [-0.05, 0) is 37.7 Å². The molecule has 0 atom stereocenters. The number of nitrogens with zero attached hydrogens (tertiary/aromatic N) is 5. The van der Waals surface area contributed by atoms with Crippen molar-refractivity contribution >= 4 is 11.9 Å². The van der Waals surface area contributed by atoms with E-state index in [4.69, 9.17) is 4.74 Å². The standard InChI is InChI=1S/C21H27N5O2/c27-20(24-7-9-28-10-8-24)19-11-17(15-26(19)14-16-3-4-16)18-12-22-21(23-13-18)25-5-1-2-6-25/h11-13,15-16H,1-10,14H2. The van der Waals surface area contributed by atoms with E-state index in [1.807, 2.05) is 23.4 Å². The van der Waals surface area contributed by atoms with Gasteiger partial charge in [-0.3, -0.25) is 4.79 Å². The second kappa shape index (κ2) is 7.54. The van der Waals surface area contributed by atoms with Gasteiger partial charge in [-0.15, -0.1) is 0 Å². The Bertz CT molecular complexity index is 831. The number of carbonyl (C=O) groups is 1. The van der Waals surface area contributed by atoms with Gasteiger partial charge in [0, 0.05) is 62.4 Å². The number of hydrogen-bond donors (Lipinski definition) is 0. The molecule has 7 nitrogen and oxygen atoms in total. The van der Waals surface area contributed by atoms with Crippen molar-refractivity contribution in [2.45, 2.75) is 32.2 Å². The van der Waals surface area contributed by atoms with Gasteiger partial charge in [0.15, 0.2) is 0 Å². The molecule has 1 amide bonds. The summed E-state index contributed by atoms with van der Waals surface area (Å²) in [6.07, 6.45) is 10.8. The first-order chi connectivity index (χ1) is 13.8. The van der Waals surface area contributed by atoms with Crippen LogP contribution in [0.15, 0.2) is 24.7 Å². The molecule has 4 heterocycles. The Morgan fingerprint density at radius 2 is 1.75 bits per heavy atom. The minimum Gasteiger partial charge on any atom is -0.378 e. The summed E-state index contributed by atoms with van der Waals surface area (Å²) in [4.78, 5) is 26.4. The molecule has 2 aromatic rings. The van der Waals surface area contributed by atoms with Crippen molar-refractivity contribution < 1.29 is 9.53 Å². The first-order valence-electron chi connectivity index (χ1n) is 10.4. The zero-order valence-corrected chi connectivity index (χ0v) is 16.2. The molecule has 1 saturated carbocycles. The van der Waals surface area contributed by atoms with E-state index in [1.165, 1.54) is 25.7 Å². The maximum atomic E-state index is 13.1. The molecule has 0 radical (unpaired) electrons. The molecule has 1 aliphatic carbocycles. The van der Waals surface area contributed by atoms with Crippen LogP contribution in [0, 0.1) is 5.92 Å². The van der Waals surface area contributed by atoms with Crippen molar-refractivity contribution in [1.29, 1.82) is 0 Å². The number of anilines is 1. The summed E-state index contributed by atoms with van der Waals surface area (Å²) in [7, 11) is 0. The normalized spacial score (nSPS) is 20.0. The molecule has 28 heavy (non-hydrogen) atoms. The van der Waals surface area contributed by atoms with Gasteiger partial charge in [0.2, 0.25) is 5.95 Å². The molecule has 0 bridgehead atoms. The molecule has 0 N–H and O–H groups in total. The molecule has 148 valence electrons. The van der Waals surface area contributed by atoms with Crippen molar-refractivity contribution in [3.8, 4) is 11.1 Å². The molecule has 2 saturated heterocycles. The summed E-state index contributed by atoms with van der Waals surface area (Å²) in [5.74, 6) is 1.61. The van der Waals surface area contributed by atoms with E-state index in [0.29, 0.717) is 32.2 Å². The van der Waals surface area contributed by atoms with Crippen LogP contribution in [0.25, 0.3) is 11.1 Å². The van der Waals surface area contributed by atoms with Crippen LogP contribution in [0.4, 0.5) is 5.95 Å². The van der Waals surface area contributed by atoms with Gasteiger partial charge in [-0.1, -0.05) is 0 Å². The second-order valence-corrected chi connectivity index (χ2v) is 8.08. The number of ether oxygens (including phenoxy) is 1. The maximum Gasteiger partial charge on any atom is 0.270 e. The number of aromatic nitrogens is 3. The van der Waals surface area contributed by atoms with Crippen LogP contribution < -0.4 is 4.90 Å². The summed E-state index contributed by atoms with van der Waals surface area (Å²) in [6.45, 7) is 5.55. The SMILES string of the molecule is O=C(c1cc(-c2cnc(N3CCCC3)nc2)cn1CC1CC1)N1CCOCC1. The minimum absolute atomic E-state index is 0.102. The molecule has 2 aliphatic heterocycles. The zero-order chi connectivity index (χ0) is 18.9. The van der Waals surface area contributed by atoms with Crippen LogP contribution in [0.2, 0.25) is 0 Å². The Morgan fingerprint density at radius 1 is 1.04 bits per heavy atom. The van der Waals surface area contributed by atoms with Crippen LogP contribution in [0.1, 0.15) is 36.2 Å². The quantitative estimate of drug-likeness (QED) is 0.796. The highest BCUT2D eigenvalue weighted by Gasteiger charge is 2.27. The topological polar surface area (TPSA) is 63.5 Å². The molecular formula is C21H27N5O2. The minimum atomic E-state index is 0.102. The lowest BCUT2D eigenvalue weighted by atomic mass is 10.2. The van der Waals surface area contributed by atoms with E-state index in [1.54, 1.807) is 0 Å². The molecular weight excluding hydrogens is 354 g/mol. The zero-order valence-electron chi connectivity index (χ0n) is 16.2. The number of hydrogen-bond acceptors (Lipinski definition) is 5. The first kappa shape index (κ1) is 17.7. The Hall–Kier alpha value is -2.41. The van der Waals surface area contributed by atoms with Crippen LogP contribution in [-0.4, -0.2) is 64.7 Å². The van der Waals surface area contributed by atoms with Gasteiger partial charge < -0.3 is 19.1 Å². The summed E-state index contributed by atoms with van der Waals surface area (Å²) < 4.78 is 7.54. The molecule has 3 fully saturated rings. The average Bonchev–Trinajstić information content (AvgIpc) is 3.22. The fourth-order valence-electron chi connectivity index (χ4n) is 4.06. The summed E-state index contributed by atoms with van der Waals surface area (Å²) in [6, 6.07) is 2.01. The smallest absolute Gasteiger partial charge is 0.270 e. The Kier molecular flexibility index (Phi) is 4.76. The predicted octanol–water partition coefficient (Wildman–Crippen LogP) is 2.43. The van der Waals surface area contributed by atoms with Gasteiger partial charge in [0.25, 0.3) is 5.91 Å². The molecule has 2 aromatic heterocycles. The van der Waals surface area contributed by atoms with Crippen LogP contribution in [0.5, 0.6) is 0 Å². The van der Waals surface area contributed by atoms with Crippen LogP contribution in [-0.2, 0) is 11.3 Å². The van der Waals surface area contributed by atoms with E-state index in [2.05, 4.69) is 25.6 Å².